The summed E-state index contributed by atoms with van der Waals surface area (Å²) >= 11 is 1.86. The van der Waals surface area contributed by atoms with E-state index in [1.54, 1.807) is 0 Å². The molecule has 11 rings (SSSR count). The number of hydrogen-bond donors (Lipinski definition) is 1. The number of rotatable bonds is 6. The number of amidine groups is 2. The van der Waals surface area contributed by atoms with E-state index in [-0.39, 0.29) is 0 Å². The van der Waals surface area contributed by atoms with E-state index in [0.717, 1.165) is 67.0 Å². The quantitative estimate of drug-likeness (QED) is 0.185. The molecule has 1 aliphatic heterocycles. The molecule has 2 aromatic heterocycles. The molecule has 56 heavy (non-hydrogen) atoms. The molecule has 1 unspecified atom stereocenters. The molecule has 3 heterocycles. The van der Waals surface area contributed by atoms with Crippen molar-refractivity contribution < 1.29 is 4.42 Å². The summed E-state index contributed by atoms with van der Waals surface area (Å²) in [6, 6.07) is 66.2. The van der Waals surface area contributed by atoms with Crippen molar-refractivity contribution in [1.82, 2.24) is 5.32 Å². The Morgan fingerprint density at radius 1 is 0.429 bits per heavy atom. The van der Waals surface area contributed by atoms with Crippen LogP contribution in [0.2, 0.25) is 0 Å². The van der Waals surface area contributed by atoms with Crippen molar-refractivity contribution in [2.24, 2.45) is 9.98 Å². The van der Waals surface area contributed by atoms with Crippen molar-refractivity contribution in [2.45, 2.75) is 6.17 Å². The second-order valence-corrected chi connectivity index (χ2v) is 15.2. The Morgan fingerprint density at radius 2 is 1.00 bits per heavy atom. The summed E-state index contributed by atoms with van der Waals surface area (Å²) < 4.78 is 9.23. The molecule has 1 atom stereocenters. The summed E-state index contributed by atoms with van der Waals surface area (Å²) in [5.41, 5.74) is 11.7. The van der Waals surface area contributed by atoms with Gasteiger partial charge >= 0.3 is 0 Å². The first-order valence-electron chi connectivity index (χ1n) is 18.8. The van der Waals surface area contributed by atoms with Crippen molar-refractivity contribution in [2.75, 3.05) is 0 Å². The number of nitrogens with one attached hydrogen (secondary N) is 1. The normalized spacial score (nSPS) is 14.2. The monoisotopic (exact) mass is 735 g/mol. The van der Waals surface area contributed by atoms with Gasteiger partial charge in [-0.1, -0.05) is 164 Å². The SMILES string of the molecule is c1ccc(C2=NC(c3cccc4oc5cc(-c6ccc(-c7cccc8c7sc7ccccc78)cc6)ccc5c34)N=C(c3ccc(-c4ccccc4)cc3)N2)cc1. The molecule has 1 N–H and O–H groups in total. The number of fused-ring (bicyclic) bond motifs is 6. The third kappa shape index (κ3) is 5.60. The standard InChI is InChI=1S/C51H33N3OS/c1-3-11-32(12-4-1)33-23-27-37(28-24-33)50-52-49(36-13-5-2-6-14-36)53-51(54-50)43-18-10-19-44-47(43)42-30-29-38(31-45(42)55-44)34-21-25-35(26-22-34)39-16-9-17-41-40-15-7-8-20-46(40)56-48(39)41/h1-31,51H,(H,52,53,54). The Bertz CT molecular complexity index is 3140. The van der Waals surface area contributed by atoms with Crippen molar-refractivity contribution >= 4 is 65.1 Å². The van der Waals surface area contributed by atoms with Crippen LogP contribution >= 0.6 is 11.3 Å². The summed E-state index contributed by atoms with van der Waals surface area (Å²) in [6.45, 7) is 0. The van der Waals surface area contributed by atoms with Crippen LogP contribution in [0.4, 0.5) is 0 Å². The second kappa shape index (κ2) is 13.3. The van der Waals surface area contributed by atoms with Gasteiger partial charge < -0.3 is 9.73 Å². The zero-order valence-corrected chi connectivity index (χ0v) is 31.0. The predicted molar refractivity (Wildman–Crippen MR) is 235 cm³/mol. The van der Waals surface area contributed by atoms with E-state index in [4.69, 9.17) is 14.4 Å². The molecule has 8 aromatic carbocycles. The number of benzene rings is 8. The first-order valence-corrected chi connectivity index (χ1v) is 19.7. The van der Waals surface area contributed by atoms with Crippen LogP contribution in [0.3, 0.4) is 0 Å². The maximum atomic E-state index is 6.58. The molecule has 0 saturated heterocycles. The highest BCUT2D eigenvalue weighted by molar-refractivity contribution is 7.26. The molecular formula is C51H33N3OS. The van der Waals surface area contributed by atoms with Crippen molar-refractivity contribution in [3.63, 3.8) is 0 Å². The van der Waals surface area contributed by atoms with Crippen molar-refractivity contribution in [3.05, 3.63) is 205 Å². The summed E-state index contributed by atoms with van der Waals surface area (Å²) in [5.74, 6) is 1.56. The van der Waals surface area contributed by atoms with E-state index in [1.165, 1.54) is 36.9 Å². The van der Waals surface area contributed by atoms with Crippen LogP contribution in [-0.4, -0.2) is 11.7 Å². The zero-order chi connectivity index (χ0) is 37.0. The van der Waals surface area contributed by atoms with Crippen LogP contribution in [0.25, 0.3) is 75.5 Å². The summed E-state index contributed by atoms with van der Waals surface area (Å²) in [5, 5.41) is 8.27. The van der Waals surface area contributed by atoms with Crippen LogP contribution in [0.1, 0.15) is 22.9 Å². The molecule has 0 spiro atoms. The average Bonchev–Trinajstić information content (AvgIpc) is 3.85. The van der Waals surface area contributed by atoms with Gasteiger partial charge in [-0.05, 0) is 57.6 Å². The molecule has 0 radical (unpaired) electrons. The molecule has 0 aliphatic carbocycles. The lowest BCUT2D eigenvalue weighted by atomic mass is 9.98. The second-order valence-electron chi connectivity index (χ2n) is 14.2. The fourth-order valence-electron chi connectivity index (χ4n) is 7.99. The van der Waals surface area contributed by atoms with Crippen molar-refractivity contribution in [1.29, 1.82) is 0 Å². The Morgan fingerprint density at radius 3 is 1.77 bits per heavy atom. The average molecular weight is 736 g/mol. The third-order valence-electron chi connectivity index (χ3n) is 10.8. The molecule has 4 nitrogen and oxygen atoms in total. The highest BCUT2D eigenvalue weighted by Gasteiger charge is 2.24. The fraction of sp³-hybridized carbons (Fsp3) is 0.0196. The summed E-state index contributed by atoms with van der Waals surface area (Å²) in [7, 11) is 0. The lowest BCUT2D eigenvalue weighted by Crippen LogP contribution is -2.36. The van der Waals surface area contributed by atoms with Gasteiger partial charge in [0.05, 0.1) is 0 Å². The van der Waals surface area contributed by atoms with Crippen molar-refractivity contribution in [3.8, 4) is 33.4 Å². The molecule has 0 bridgehead atoms. The van der Waals surface area contributed by atoms with Gasteiger partial charge in [0.15, 0.2) is 6.17 Å². The van der Waals surface area contributed by atoms with E-state index in [1.807, 2.05) is 47.7 Å². The van der Waals surface area contributed by atoms with E-state index in [2.05, 4.69) is 157 Å². The van der Waals surface area contributed by atoms with Gasteiger partial charge in [0, 0.05) is 47.6 Å². The van der Waals surface area contributed by atoms with Gasteiger partial charge in [0.25, 0.3) is 0 Å². The van der Waals surface area contributed by atoms with Crippen LogP contribution < -0.4 is 5.32 Å². The number of hydrogen-bond acceptors (Lipinski definition) is 5. The van der Waals surface area contributed by atoms with Gasteiger partial charge in [-0.2, -0.15) is 0 Å². The topological polar surface area (TPSA) is 49.9 Å². The Kier molecular flexibility index (Phi) is 7.71. The predicted octanol–water partition coefficient (Wildman–Crippen LogP) is 13.5. The smallest absolute Gasteiger partial charge is 0.170 e. The van der Waals surface area contributed by atoms with E-state index < -0.39 is 6.17 Å². The fourth-order valence-corrected chi connectivity index (χ4v) is 9.23. The van der Waals surface area contributed by atoms with Gasteiger partial charge in [-0.3, -0.25) is 0 Å². The highest BCUT2D eigenvalue weighted by atomic mass is 32.1. The number of furan rings is 1. The molecule has 10 aromatic rings. The van der Waals surface area contributed by atoms with Crippen LogP contribution in [0, 0.1) is 0 Å². The molecular weight excluding hydrogens is 703 g/mol. The zero-order valence-electron chi connectivity index (χ0n) is 30.2. The Labute approximate surface area is 327 Å². The lowest BCUT2D eigenvalue weighted by molar-refractivity contribution is 0.668. The van der Waals surface area contributed by atoms with E-state index in [0.29, 0.717) is 0 Å². The number of nitrogens with zero attached hydrogens (tertiary/aromatic N) is 2. The first kappa shape index (κ1) is 32.4. The lowest BCUT2D eigenvalue weighted by Gasteiger charge is -2.23. The van der Waals surface area contributed by atoms with Crippen LogP contribution in [-0.2, 0) is 0 Å². The van der Waals surface area contributed by atoms with Gasteiger partial charge in [-0.15, -0.1) is 11.3 Å². The molecule has 5 heteroatoms. The van der Waals surface area contributed by atoms with E-state index in [9.17, 15) is 0 Å². The van der Waals surface area contributed by atoms with Gasteiger partial charge in [-0.25, -0.2) is 9.98 Å². The first-order chi connectivity index (χ1) is 27.7. The summed E-state index contributed by atoms with van der Waals surface area (Å²) in [6.07, 6.45) is -0.475. The van der Waals surface area contributed by atoms with E-state index >= 15 is 0 Å². The third-order valence-corrected chi connectivity index (χ3v) is 12.0. The number of thiophene rings is 1. The summed E-state index contributed by atoms with van der Waals surface area (Å²) in [4.78, 5) is 10.4. The maximum absolute atomic E-state index is 6.58. The molecule has 0 saturated carbocycles. The molecule has 264 valence electrons. The largest absolute Gasteiger partial charge is 0.456 e. The van der Waals surface area contributed by atoms with Gasteiger partial charge in [0.1, 0.15) is 22.8 Å². The van der Waals surface area contributed by atoms with Crippen LogP contribution in [0.5, 0.6) is 0 Å². The maximum Gasteiger partial charge on any atom is 0.170 e. The minimum atomic E-state index is -0.475. The highest BCUT2D eigenvalue weighted by Crippen LogP contribution is 2.41. The molecule has 0 amide bonds. The Balaban J connectivity index is 0.960. The molecule has 1 aliphatic rings. The minimum absolute atomic E-state index is 0.475. The number of aliphatic imine (C=N–C) groups is 2. The van der Waals surface area contributed by atoms with Gasteiger partial charge in [0.2, 0.25) is 0 Å². The Hall–Kier alpha value is -7.08. The molecule has 0 fully saturated rings. The minimum Gasteiger partial charge on any atom is -0.456 e. The van der Waals surface area contributed by atoms with Crippen LogP contribution in [0.15, 0.2) is 202 Å².